The summed E-state index contributed by atoms with van der Waals surface area (Å²) >= 11 is 5.22. The molecular formula is C16H13BrOS. The van der Waals surface area contributed by atoms with Gasteiger partial charge in [-0.2, -0.15) is 0 Å². The molecule has 96 valence electrons. The molecule has 2 aromatic carbocycles. The van der Waals surface area contributed by atoms with Gasteiger partial charge in [-0.3, -0.25) is 0 Å². The second-order valence-corrected chi connectivity index (χ2v) is 6.43. The molecule has 0 bridgehead atoms. The number of fused-ring (bicyclic) bond motifs is 1. The number of rotatable bonds is 1. The predicted octanol–water partition coefficient (Wildman–Crippen LogP) is 4.67. The van der Waals surface area contributed by atoms with Crippen molar-refractivity contribution in [2.45, 2.75) is 11.0 Å². The molecule has 1 aliphatic rings. The average molecular weight is 333 g/mol. The highest BCUT2D eigenvalue weighted by molar-refractivity contribution is 9.10. The van der Waals surface area contributed by atoms with E-state index in [4.69, 9.17) is 0 Å². The average Bonchev–Trinajstić information content (AvgIpc) is 2.45. The smallest absolute Gasteiger partial charge is 0.102 e. The van der Waals surface area contributed by atoms with E-state index in [-0.39, 0.29) is 0 Å². The van der Waals surface area contributed by atoms with Crippen LogP contribution in [0.15, 0.2) is 63.5 Å². The molecule has 1 N–H and O–H groups in total. The number of aliphatic hydroxyl groups excluding tert-OH is 1. The first kappa shape index (κ1) is 13.0. The number of aliphatic hydroxyl groups is 1. The third-order valence-electron chi connectivity index (χ3n) is 3.18. The van der Waals surface area contributed by atoms with E-state index in [9.17, 15) is 5.11 Å². The van der Waals surface area contributed by atoms with Crippen molar-refractivity contribution in [1.29, 1.82) is 0 Å². The van der Waals surface area contributed by atoms with Crippen LogP contribution in [0.4, 0.5) is 0 Å². The molecule has 19 heavy (non-hydrogen) atoms. The van der Waals surface area contributed by atoms with Crippen molar-refractivity contribution in [2.24, 2.45) is 0 Å². The fraction of sp³-hybridized carbons (Fsp3) is 0.125. The largest absolute Gasteiger partial charge is 0.384 e. The molecule has 0 saturated carbocycles. The van der Waals surface area contributed by atoms with Crippen LogP contribution in [0.1, 0.15) is 17.2 Å². The zero-order valence-electron chi connectivity index (χ0n) is 10.2. The summed E-state index contributed by atoms with van der Waals surface area (Å²) in [4.78, 5) is 1.18. The van der Waals surface area contributed by atoms with Gasteiger partial charge < -0.3 is 5.11 Å². The summed E-state index contributed by atoms with van der Waals surface area (Å²) in [5.41, 5.74) is 3.20. The van der Waals surface area contributed by atoms with Gasteiger partial charge in [0.1, 0.15) is 6.10 Å². The maximum absolute atomic E-state index is 10.4. The van der Waals surface area contributed by atoms with Crippen molar-refractivity contribution in [1.82, 2.24) is 0 Å². The van der Waals surface area contributed by atoms with Crippen LogP contribution in [-0.2, 0) is 0 Å². The number of hydrogen-bond acceptors (Lipinski definition) is 2. The molecule has 3 rings (SSSR count). The van der Waals surface area contributed by atoms with Crippen molar-refractivity contribution in [3.05, 3.63) is 69.7 Å². The first-order chi connectivity index (χ1) is 9.24. The lowest BCUT2D eigenvalue weighted by molar-refractivity contribution is 0.213. The predicted molar refractivity (Wildman–Crippen MR) is 84.2 cm³/mol. The molecule has 0 spiro atoms. The SMILES string of the molecule is OC1/C(=C/c2ccc(Br)cc2)CSc2ccccc21. The Kier molecular flexibility index (Phi) is 3.78. The fourth-order valence-electron chi connectivity index (χ4n) is 2.17. The van der Waals surface area contributed by atoms with Crippen LogP contribution in [0.5, 0.6) is 0 Å². The Balaban J connectivity index is 1.93. The highest BCUT2D eigenvalue weighted by atomic mass is 79.9. The normalized spacial score (nSPS) is 20.3. The zero-order valence-corrected chi connectivity index (χ0v) is 12.6. The van der Waals surface area contributed by atoms with Crippen molar-refractivity contribution in [3.63, 3.8) is 0 Å². The first-order valence-electron chi connectivity index (χ1n) is 6.10. The first-order valence-corrected chi connectivity index (χ1v) is 7.88. The monoisotopic (exact) mass is 332 g/mol. The van der Waals surface area contributed by atoms with Crippen LogP contribution in [0.3, 0.4) is 0 Å². The van der Waals surface area contributed by atoms with E-state index in [1.165, 1.54) is 4.90 Å². The summed E-state index contributed by atoms with van der Waals surface area (Å²) in [6.07, 6.45) is 1.60. The van der Waals surface area contributed by atoms with Crippen molar-refractivity contribution < 1.29 is 5.11 Å². The molecule has 2 aromatic rings. The minimum absolute atomic E-state index is 0.485. The molecule has 1 aliphatic heterocycles. The van der Waals surface area contributed by atoms with Crippen LogP contribution >= 0.6 is 27.7 Å². The number of hydrogen-bond donors (Lipinski definition) is 1. The molecule has 0 aromatic heterocycles. The van der Waals surface area contributed by atoms with Crippen molar-refractivity contribution in [2.75, 3.05) is 5.75 Å². The highest BCUT2D eigenvalue weighted by Crippen LogP contribution is 2.39. The van der Waals surface area contributed by atoms with Gasteiger partial charge in [0, 0.05) is 15.1 Å². The molecule has 1 unspecified atom stereocenters. The Morgan fingerprint density at radius 3 is 2.63 bits per heavy atom. The highest BCUT2D eigenvalue weighted by Gasteiger charge is 2.22. The number of halogens is 1. The summed E-state index contributed by atoms with van der Waals surface area (Å²) in [7, 11) is 0. The quantitative estimate of drug-likeness (QED) is 0.818. The second-order valence-electron chi connectivity index (χ2n) is 4.50. The van der Waals surface area contributed by atoms with E-state index < -0.39 is 6.10 Å². The van der Waals surface area contributed by atoms with Crippen LogP contribution in [0.25, 0.3) is 6.08 Å². The topological polar surface area (TPSA) is 20.2 Å². The Hall–Kier alpha value is -1.03. The lowest BCUT2D eigenvalue weighted by atomic mass is 10.00. The molecule has 0 amide bonds. The van der Waals surface area contributed by atoms with Crippen LogP contribution in [-0.4, -0.2) is 10.9 Å². The van der Waals surface area contributed by atoms with Gasteiger partial charge >= 0.3 is 0 Å². The van der Waals surface area contributed by atoms with E-state index in [0.717, 1.165) is 26.9 Å². The van der Waals surface area contributed by atoms with Crippen LogP contribution in [0.2, 0.25) is 0 Å². The fourth-order valence-corrected chi connectivity index (χ4v) is 3.52. The van der Waals surface area contributed by atoms with Crippen LogP contribution < -0.4 is 0 Å². The lowest BCUT2D eigenvalue weighted by Crippen LogP contribution is -2.10. The summed E-state index contributed by atoms with van der Waals surface area (Å²) in [5, 5.41) is 10.4. The van der Waals surface area contributed by atoms with Crippen molar-refractivity contribution >= 4 is 33.8 Å². The van der Waals surface area contributed by atoms with Gasteiger partial charge in [0.15, 0.2) is 0 Å². The van der Waals surface area contributed by atoms with Crippen molar-refractivity contribution in [3.8, 4) is 0 Å². The van der Waals surface area contributed by atoms with Gasteiger partial charge in [-0.1, -0.05) is 52.3 Å². The van der Waals surface area contributed by atoms with E-state index in [0.29, 0.717) is 0 Å². The molecule has 0 saturated heterocycles. The molecule has 1 atom stereocenters. The van der Waals surface area contributed by atoms with Gasteiger partial charge in [0.2, 0.25) is 0 Å². The molecule has 3 heteroatoms. The molecule has 0 fully saturated rings. The minimum Gasteiger partial charge on any atom is -0.384 e. The van der Waals surface area contributed by atoms with Gasteiger partial charge in [0.25, 0.3) is 0 Å². The molecule has 0 radical (unpaired) electrons. The van der Waals surface area contributed by atoms with Gasteiger partial charge in [0.05, 0.1) is 0 Å². The van der Waals surface area contributed by atoms with E-state index in [2.05, 4.69) is 40.2 Å². The van der Waals surface area contributed by atoms with Gasteiger partial charge in [-0.25, -0.2) is 0 Å². The molecule has 0 aliphatic carbocycles. The van der Waals surface area contributed by atoms with E-state index in [1.54, 1.807) is 11.8 Å². The molecule has 1 nitrogen and oxygen atoms in total. The van der Waals surface area contributed by atoms with Crippen LogP contribution in [0, 0.1) is 0 Å². The Bertz CT molecular complexity index is 619. The number of thioether (sulfide) groups is 1. The minimum atomic E-state index is -0.485. The maximum Gasteiger partial charge on any atom is 0.102 e. The zero-order chi connectivity index (χ0) is 13.2. The lowest BCUT2D eigenvalue weighted by Gasteiger charge is -2.23. The van der Waals surface area contributed by atoms with Gasteiger partial charge in [-0.15, -0.1) is 11.8 Å². The third kappa shape index (κ3) is 2.78. The maximum atomic E-state index is 10.4. The Labute approximate surface area is 125 Å². The Morgan fingerprint density at radius 2 is 1.84 bits per heavy atom. The van der Waals surface area contributed by atoms with Gasteiger partial charge in [-0.05, 0) is 34.9 Å². The standard InChI is InChI=1S/C16H13BrOS/c17-13-7-5-11(6-8-13)9-12-10-19-15-4-2-1-3-14(15)16(12)18/h1-9,16,18H,10H2/b12-9+. The second kappa shape index (κ2) is 5.53. The number of benzene rings is 2. The van der Waals surface area contributed by atoms with E-state index in [1.807, 2.05) is 30.3 Å². The Morgan fingerprint density at radius 1 is 1.11 bits per heavy atom. The summed E-state index contributed by atoms with van der Waals surface area (Å²) < 4.78 is 1.07. The van der Waals surface area contributed by atoms with E-state index >= 15 is 0 Å². The summed E-state index contributed by atoms with van der Waals surface area (Å²) in [6, 6.07) is 16.2. The third-order valence-corrected chi connectivity index (χ3v) is 4.87. The summed E-state index contributed by atoms with van der Waals surface area (Å²) in [5.74, 6) is 0.842. The molecular weight excluding hydrogens is 320 g/mol. The molecule has 1 heterocycles. The summed E-state index contributed by atoms with van der Waals surface area (Å²) in [6.45, 7) is 0.